The number of nitrogens with zero attached hydrogens (tertiary/aromatic N) is 5. The third kappa shape index (κ3) is 26.4. The van der Waals surface area contributed by atoms with Crippen LogP contribution in [0.1, 0.15) is 188 Å². The number of hydrogen-bond acceptors (Lipinski definition) is 9. The lowest BCUT2D eigenvalue weighted by Crippen LogP contribution is -2.48. The molecule has 0 aliphatic heterocycles. The van der Waals surface area contributed by atoms with Crippen LogP contribution in [0.5, 0.6) is 5.75 Å². The minimum absolute atomic E-state index is 0.0163. The van der Waals surface area contributed by atoms with Gasteiger partial charge in [0.2, 0.25) is 23.6 Å². The molecular formula is C96H125N5O9. The molecule has 0 aromatic heterocycles. The molecule has 3 saturated carbocycles. The van der Waals surface area contributed by atoms with Crippen LogP contribution in [0.3, 0.4) is 0 Å². The minimum Gasteiger partial charge on any atom is -0.465 e. The number of esters is 2. The van der Waals surface area contributed by atoms with Crippen molar-refractivity contribution in [2.45, 2.75) is 179 Å². The number of amides is 5. The molecule has 588 valence electrons. The van der Waals surface area contributed by atoms with E-state index in [9.17, 15) is 33.6 Å². The van der Waals surface area contributed by atoms with Gasteiger partial charge in [-0.15, -0.1) is 0 Å². The van der Waals surface area contributed by atoms with Crippen molar-refractivity contribution in [1.29, 1.82) is 0 Å². The second-order valence-electron chi connectivity index (χ2n) is 31.9. The Morgan fingerprint density at radius 3 is 1.06 bits per heavy atom. The van der Waals surface area contributed by atoms with Gasteiger partial charge in [-0.1, -0.05) is 160 Å². The molecule has 0 spiro atoms. The predicted octanol–water partition coefficient (Wildman–Crippen LogP) is 20.0. The summed E-state index contributed by atoms with van der Waals surface area (Å²) in [5, 5.41) is 0. The fourth-order valence-electron chi connectivity index (χ4n) is 15.9. The number of hydrogen-bond donors (Lipinski definition) is 0. The molecule has 3 aliphatic rings. The maximum Gasteiger partial charge on any atom is 0.337 e. The van der Waals surface area contributed by atoms with Gasteiger partial charge in [-0.05, 0) is 268 Å². The van der Waals surface area contributed by atoms with Crippen LogP contribution in [-0.2, 0) is 28.7 Å². The lowest BCUT2D eigenvalue weighted by atomic mass is 9.70. The molecule has 0 radical (unpaired) electrons. The number of carbonyl (C=O) groups excluding carboxylic acids is 7. The van der Waals surface area contributed by atoms with Gasteiger partial charge in [0.1, 0.15) is 5.75 Å². The van der Waals surface area contributed by atoms with Gasteiger partial charge in [0.25, 0.3) is 5.91 Å². The number of carbonyl (C=O) groups is 7. The first-order valence-corrected chi connectivity index (χ1v) is 39.0. The summed E-state index contributed by atoms with van der Waals surface area (Å²) in [5.41, 5.74) is 21.0. The Hall–Kier alpha value is -9.95. The monoisotopic (exact) mass is 1490 g/mol. The Bertz CT molecular complexity index is 4310. The van der Waals surface area contributed by atoms with Gasteiger partial charge in [-0.3, -0.25) is 28.8 Å². The van der Waals surface area contributed by atoms with Crippen molar-refractivity contribution in [3.8, 4) is 39.1 Å². The van der Waals surface area contributed by atoms with E-state index >= 15 is 0 Å². The maximum atomic E-state index is 12.1. The van der Waals surface area contributed by atoms with Crippen molar-refractivity contribution >= 4 is 41.5 Å². The SMILES string of the molecule is CC(=O)N(C)C1CC(C)CC(N(C)C(C)=O)C1.CC(=O)Oc1cc(C)cc(-c2ccccc2C)c1.CC1CC(C(=O)N(C)C)CC(C(=O)N(C)C)C1.COC(=O)c1cc(C)cc(-c2ccccc2C)c1.Cc1cc(C(=O)N(C)C)cc(-c2ccccc2C)c1.Cc1ccccc1C1CC(C)CC(c2ccccc2C)C1. The summed E-state index contributed by atoms with van der Waals surface area (Å²) in [5.74, 6) is 3.87. The third-order valence-corrected chi connectivity index (χ3v) is 21.6. The average Bonchev–Trinajstić information content (AvgIpc) is 0.845. The van der Waals surface area contributed by atoms with Gasteiger partial charge in [-0.2, -0.15) is 0 Å². The maximum absolute atomic E-state index is 12.1. The van der Waals surface area contributed by atoms with Crippen molar-refractivity contribution in [3.05, 3.63) is 243 Å². The van der Waals surface area contributed by atoms with E-state index in [1.807, 2.05) is 117 Å². The normalized spacial score (nSPS) is 18.9. The molecule has 0 heterocycles. The minimum atomic E-state index is -0.298. The predicted molar refractivity (Wildman–Crippen MR) is 450 cm³/mol. The summed E-state index contributed by atoms with van der Waals surface area (Å²) in [4.78, 5) is 90.0. The number of methoxy groups -OCH3 is 1. The Labute approximate surface area is 659 Å². The van der Waals surface area contributed by atoms with Crippen LogP contribution in [0.4, 0.5) is 0 Å². The summed E-state index contributed by atoms with van der Waals surface area (Å²) in [7, 11) is 15.8. The number of aryl methyl sites for hydroxylation is 8. The summed E-state index contributed by atoms with van der Waals surface area (Å²) in [6.45, 7) is 28.1. The Morgan fingerprint density at radius 2 is 0.700 bits per heavy atom. The van der Waals surface area contributed by atoms with Crippen molar-refractivity contribution in [1.82, 2.24) is 24.5 Å². The van der Waals surface area contributed by atoms with Gasteiger partial charge in [0.15, 0.2) is 0 Å². The lowest BCUT2D eigenvalue weighted by Gasteiger charge is -2.41. The third-order valence-electron chi connectivity index (χ3n) is 21.6. The van der Waals surface area contributed by atoms with Crippen LogP contribution >= 0.6 is 0 Å². The van der Waals surface area contributed by atoms with Gasteiger partial charge >= 0.3 is 11.9 Å². The van der Waals surface area contributed by atoms with Gasteiger partial charge in [0, 0.05) is 107 Å². The molecule has 11 rings (SSSR count). The lowest BCUT2D eigenvalue weighted by molar-refractivity contribution is -0.140. The highest BCUT2D eigenvalue weighted by Crippen LogP contribution is 2.46. The molecule has 3 aliphatic carbocycles. The topological polar surface area (TPSA) is 154 Å². The van der Waals surface area contributed by atoms with Crippen LogP contribution in [0.25, 0.3) is 33.4 Å². The zero-order valence-corrected chi connectivity index (χ0v) is 70.2. The molecular weight excluding hydrogens is 1370 g/mol. The molecule has 6 unspecified atom stereocenters. The fourth-order valence-corrected chi connectivity index (χ4v) is 15.9. The Balaban J connectivity index is 0.000000206. The molecule has 5 amide bonds. The van der Waals surface area contributed by atoms with Gasteiger partial charge in [-0.25, -0.2) is 4.79 Å². The number of rotatable bonds is 12. The smallest absolute Gasteiger partial charge is 0.337 e. The summed E-state index contributed by atoms with van der Waals surface area (Å²) in [6, 6.07) is 60.7. The van der Waals surface area contributed by atoms with Gasteiger partial charge < -0.3 is 34.0 Å². The summed E-state index contributed by atoms with van der Waals surface area (Å²) >= 11 is 0. The molecule has 110 heavy (non-hydrogen) atoms. The molecule has 14 heteroatoms. The van der Waals surface area contributed by atoms with E-state index in [4.69, 9.17) is 9.47 Å². The molecule has 0 saturated heterocycles. The Kier molecular flexibility index (Phi) is 34.2. The first kappa shape index (κ1) is 88.9. The quantitative estimate of drug-likeness (QED) is 0.0859. The van der Waals surface area contributed by atoms with Crippen molar-refractivity contribution in [2.75, 3.05) is 63.5 Å². The molecule has 0 N–H and O–H groups in total. The zero-order chi connectivity index (χ0) is 81.4. The largest absolute Gasteiger partial charge is 0.465 e. The number of benzene rings is 8. The summed E-state index contributed by atoms with van der Waals surface area (Å²) < 4.78 is 9.93. The molecule has 3 fully saturated rings. The molecule has 6 atom stereocenters. The van der Waals surface area contributed by atoms with Crippen LogP contribution in [0.2, 0.25) is 0 Å². The van der Waals surface area contributed by atoms with Crippen LogP contribution in [-0.4, -0.2) is 142 Å². The number of ether oxygens (including phenoxy) is 2. The molecule has 0 bridgehead atoms. The van der Waals surface area contributed by atoms with E-state index in [0.717, 1.165) is 99.9 Å². The Morgan fingerprint density at radius 1 is 0.355 bits per heavy atom. The first-order valence-electron chi connectivity index (χ1n) is 39.0. The average molecular weight is 1490 g/mol. The van der Waals surface area contributed by atoms with E-state index in [0.29, 0.717) is 29.6 Å². The van der Waals surface area contributed by atoms with E-state index in [2.05, 4.69) is 159 Å². The second kappa shape index (κ2) is 42.3. The van der Waals surface area contributed by atoms with Crippen LogP contribution in [0, 0.1) is 85.0 Å². The van der Waals surface area contributed by atoms with Crippen molar-refractivity contribution < 1.29 is 43.0 Å². The van der Waals surface area contributed by atoms with Crippen molar-refractivity contribution in [2.24, 2.45) is 29.6 Å². The van der Waals surface area contributed by atoms with Gasteiger partial charge in [0.05, 0.1) is 12.7 Å². The highest BCUT2D eigenvalue weighted by molar-refractivity contribution is 5.96. The van der Waals surface area contributed by atoms with Crippen molar-refractivity contribution in [3.63, 3.8) is 0 Å². The second-order valence-corrected chi connectivity index (χ2v) is 31.9. The van der Waals surface area contributed by atoms with E-state index < -0.39 is 0 Å². The highest BCUT2D eigenvalue weighted by atomic mass is 16.5. The van der Waals surface area contributed by atoms with E-state index in [-0.39, 0.29) is 65.4 Å². The highest BCUT2D eigenvalue weighted by Gasteiger charge is 2.37. The first-order chi connectivity index (χ1) is 52.0. The standard InChI is InChI=1S/C21H26.C17H19NO.2C16H16O2.2C13H24N2O2/c1-15-12-18(20-10-6-4-8-16(20)2)14-19(13-15)21-11-7-5-9-17(21)3;1-12-9-14(16-8-6-5-7-13(16)2)11-15(10-12)17(19)18(3)4;1-11-8-13(10-14(9-11)16(17)18-3)15-7-5-4-6-12(15)2;1-11-8-14(10-15(9-11)18-13(3)17)16-7-5-4-6-12(16)2;1-9-6-10(12(16)14(2)3)8-11(7-9)13(17)15(4)5;1-9-6-12(14(4)10(2)16)8-13(7-9)15(5)11(3)17/h4-11,15,18-19H,12-14H2,1-3H3;5-11H,1-4H3;2*4-10H,1-3H3;9-11H,6-8H2,1-5H3;9,12-13H,6-8H2,1-5H3. The van der Waals surface area contributed by atoms with E-state index in [1.165, 1.54) is 66.7 Å². The van der Waals surface area contributed by atoms with E-state index in [1.54, 1.807) is 82.0 Å². The molecule has 14 nitrogen and oxygen atoms in total. The van der Waals surface area contributed by atoms with Crippen LogP contribution in [0.15, 0.2) is 176 Å². The van der Waals surface area contributed by atoms with Crippen LogP contribution < -0.4 is 4.74 Å². The fraction of sp³-hybridized carbons (Fsp3) is 0.427. The molecule has 8 aromatic rings. The summed E-state index contributed by atoms with van der Waals surface area (Å²) in [6.07, 6.45) is 9.49. The zero-order valence-electron chi connectivity index (χ0n) is 70.2. The molecule has 8 aromatic carbocycles.